The molecule has 0 bridgehead atoms. The summed E-state index contributed by atoms with van der Waals surface area (Å²) >= 11 is 0. The van der Waals surface area contributed by atoms with Crippen molar-refractivity contribution in [3.8, 4) is 5.75 Å². The molecule has 0 fully saturated rings. The van der Waals surface area contributed by atoms with Crippen molar-refractivity contribution in [2.75, 3.05) is 6.61 Å². The van der Waals surface area contributed by atoms with E-state index in [0.717, 1.165) is 6.42 Å². The second-order valence-electron chi connectivity index (χ2n) is 4.57. The summed E-state index contributed by atoms with van der Waals surface area (Å²) in [5.41, 5.74) is 5.51. The van der Waals surface area contributed by atoms with E-state index in [1.54, 1.807) is 12.1 Å². The zero-order chi connectivity index (χ0) is 14.5. The highest BCUT2D eigenvalue weighted by atomic mass is 16.6. The van der Waals surface area contributed by atoms with Crippen LogP contribution in [-0.2, 0) is 4.74 Å². The van der Waals surface area contributed by atoms with E-state index in [0.29, 0.717) is 18.8 Å². The number of aliphatic imine (C=N–C) groups is 1. The van der Waals surface area contributed by atoms with Crippen LogP contribution in [0.25, 0.3) is 0 Å². The van der Waals surface area contributed by atoms with E-state index >= 15 is 0 Å². The first kappa shape index (κ1) is 14.1. The Morgan fingerprint density at radius 3 is 2.75 bits per heavy atom. The number of nitro benzene ring substituents is 1. The number of rotatable bonds is 6. The predicted molar refractivity (Wildman–Crippen MR) is 73.8 cm³/mol. The van der Waals surface area contributed by atoms with Crippen LogP contribution in [0.1, 0.15) is 19.8 Å². The molecule has 20 heavy (non-hydrogen) atoms. The van der Waals surface area contributed by atoms with E-state index in [2.05, 4.69) is 4.99 Å². The highest BCUT2D eigenvalue weighted by Gasteiger charge is 2.22. The van der Waals surface area contributed by atoms with Gasteiger partial charge in [-0.1, -0.05) is 6.92 Å². The van der Waals surface area contributed by atoms with Crippen LogP contribution in [0, 0.1) is 10.1 Å². The highest BCUT2D eigenvalue weighted by Crippen LogP contribution is 2.21. The Kier molecular flexibility index (Phi) is 4.39. The molecule has 2 rings (SSSR count). The molecule has 0 saturated carbocycles. The molecule has 0 aliphatic carbocycles. The maximum atomic E-state index is 10.6. The monoisotopic (exact) mass is 279 g/mol. The van der Waals surface area contributed by atoms with Gasteiger partial charge in [-0.15, -0.1) is 0 Å². The number of hydrogen-bond acceptors (Lipinski definition) is 6. The fraction of sp³-hybridized carbons (Fsp3) is 0.462. The summed E-state index contributed by atoms with van der Waals surface area (Å²) in [5.74, 6) is 0.610. The Morgan fingerprint density at radius 2 is 2.25 bits per heavy atom. The molecular formula is C13H17N3O4. The first-order valence-electron chi connectivity index (χ1n) is 6.45. The summed E-state index contributed by atoms with van der Waals surface area (Å²) in [4.78, 5) is 14.3. The van der Waals surface area contributed by atoms with E-state index in [9.17, 15) is 10.1 Å². The number of benzene rings is 1. The van der Waals surface area contributed by atoms with Crippen LogP contribution in [0.3, 0.4) is 0 Å². The third kappa shape index (κ3) is 3.59. The Balaban J connectivity index is 1.94. The maximum absolute atomic E-state index is 10.6. The number of nitrogens with zero attached hydrogens (tertiary/aromatic N) is 2. The average molecular weight is 279 g/mol. The number of amidine groups is 1. The van der Waals surface area contributed by atoms with Gasteiger partial charge in [0.25, 0.3) is 11.7 Å². The smallest absolute Gasteiger partial charge is 0.282 e. The quantitative estimate of drug-likeness (QED) is 0.632. The standard InChI is InChI=1S/C13H17N3O4/c1-2-11(7-9-8-19-13(14)15-9)20-12-5-3-10(4-6-12)16(17)18/h3-6,9,11H,2,7-8H2,1H3,(H2,14,15)/t9-,11-/m0/s1. The molecule has 0 aromatic heterocycles. The van der Waals surface area contributed by atoms with Gasteiger partial charge in [0.05, 0.1) is 11.0 Å². The number of nitrogens with two attached hydrogens (primary N) is 1. The zero-order valence-corrected chi connectivity index (χ0v) is 11.2. The van der Waals surface area contributed by atoms with Crippen LogP contribution >= 0.6 is 0 Å². The Labute approximate surface area is 116 Å². The Morgan fingerprint density at radius 1 is 1.55 bits per heavy atom. The van der Waals surface area contributed by atoms with Crippen molar-refractivity contribution in [2.24, 2.45) is 10.7 Å². The first-order valence-corrected chi connectivity index (χ1v) is 6.45. The molecule has 7 heteroatoms. The molecule has 2 atom stereocenters. The highest BCUT2D eigenvalue weighted by molar-refractivity contribution is 5.73. The summed E-state index contributed by atoms with van der Waals surface area (Å²) in [6, 6.07) is 6.29. The van der Waals surface area contributed by atoms with Gasteiger partial charge in [0.1, 0.15) is 18.5 Å². The van der Waals surface area contributed by atoms with Gasteiger partial charge in [0.2, 0.25) is 0 Å². The molecule has 7 nitrogen and oxygen atoms in total. The molecule has 1 aromatic rings. The van der Waals surface area contributed by atoms with Gasteiger partial charge in [-0.05, 0) is 18.6 Å². The zero-order valence-electron chi connectivity index (χ0n) is 11.2. The van der Waals surface area contributed by atoms with E-state index in [1.165, 1.54) is 12.1 Å². The van der Waals surface area contributed by atoms with Crippen molar-refractivity contribution in [1.82, 2.24) is 0 Å². The molecule has 108 valence electrons. The second kappa shape index (κ2) is 6.23. The van der Waals surface area contributed by atoms with E-state index < -0.39 is 4.92 Å². The third-order valence-corrected chi connectivity index (χ3v) is 3.07. The van der Waals surface area contributed by atoms with Gasteiger partial charge in [0, 0.05) is 18.6 Å². The SMILES string of the molecule is CC[C@@H](C[C@H]1COC(N)=N1)Oc1ccc([N+](=O)[O-])cc1. The lowest BCUT2D eigenvalue weighted by Gasteiger charge is -2.19. The maximum Gasteiger partial charge on any atom is 0.282 e. The van der Waals surface area contributed by atoms with Crippen molar-refractivity contribution < 1.29 is 14.4 Å². The molecule has 1 aliphatic heterocycles. The molecular weight excluding hydrogens is 262 g/mol. The minimum absolute atomic E-state index is 0.0120. The van der Waals surface area contributed by atoms with Crippen LogP contribution in [0.5, 0.6) is 5.75 Å². The molecule has 0 radical (unpaired) electrons. The van der Waals surface area contributed by atoms with Gasteiger partial charge < -0.3 is 15.2 Å². The fourth-order valence-electron chi connectivity index (χ4n) is 2.00. The first-order chi connectivity index (χ1) is 9.58. The van der Waals surface area contributed by atoms with Crippen molar-refractivity contribution in [3.63, 3.8) is 0 Å². The van der Waals surface area contributed by atoms with E-state index in [4.69, 9.17) is 15.2 Å². The van der Waals surface area contributed by atoms with Gasteiger partial charge in [-0.2, -0.15) is 0 Å². The Hall–Kier alpha value is -2.31. The second-order valence-corrected chi connectivity index (χ2v) is 4.57. The summed E-state index contributed by atoms with van der Waals surface area (Å²) in [5, 5.41) is 10.6. The van der Waals surface area contributed by atoms with Crippen LogP contribution in [0.4, 0.5) is 5.69 Å². The number of non-ortho nitro benzene ring substituents is 1. The molecule has 1 aromatic carbocycles. The van der Waals surface area contributed by atoms with Crippen molar-refractivity contribution in [3.05, 3.63) is 34.4 Å². The van der Waals surface area contributed by atoms with Gasteiger partial charge in [-0.3, -0.25) is 10.1 Å². The largest absolute Gasteiger partial charge is 0.490 e. The van der Waals surface area contributed by atoms with Gasteiger partial charge in [0.15, 0.2) is 0 Å². The summed E-state index contributed by atoms with van der Waals surface area (Å²) < 4.78 is 10.9. The van der Waals surface area contributed by atoms with Crippen molar-refractivity contribution in [2.45, 2.75) is 31.9 Å². The molecule has 0 unspecified atom stereocenters. The lowest BCUT2D eigenvalue weighted by molar-refractivity contribution is -0.384. The Bertz CT molecular complexity index is 501. The van der Waals surface area contributed by atoms with Gasteiger partial charge >= 0.3 is 0 Å². The molecule has 0 saturated heterocycles. The van der Waals surface area contributed by atoms with Crippen molar-refractivity contribution in [1.29, 1.82) is 0 Å². The molecule has 1 heterocycles. The van der Waals surface area contributed by atoms with Crippen LogP contribution in [-0.4, -0.2) is 29.7 Å². The van der Waals surface area contributed by atoms with Crippen LogP contribution in [0.2, 0.25) is 0 Å². The fourth-order valence-corrected chi connectivity index (χ4v) is 2.00. The normalized spacial score (nSPS) is 19.1. The number of ether oxygens (including phenoxy) is 2. The van der Waals surface area contributed by atoms with Crippen LogP contribution < -0.4 is 10.5 Å². The lowest BCUT2D eigenvalue weighted by atomic mass is 10.1. The van der Waals surface area contributed by atoms with Gasteiger partial charge in [-0.25, -0.2) is 4.99 Å². The van der Waals surface area contributed by atoms with E-state index in [-0.39, 0.29) is 23.9 Å². The molecule has 0 amide bonds. The predicted octanol–water partition coefficient (Wildman–Crippen LogP) is 1.86. The minimum Gasteiger partial charge on any atom is -0.490 e. The third-order valence-electron chi connectivity index (χ3n) is 3.07. The molecule has 0 spiro atoms. The van der Waals surface area contributed by atoms with Crippen LogP contribution in [0.15, 0.2) is 29.3 Å². The topological polar surface area (TPSA) is 100.0 Å². The summed E-state index contributed by atoms with van der Waals surface area (Å²) in [7, 11) is 0. The minimum atomic E-state index is -0.436. The van der Waals surface area contributed by atoms with Crippen molar-refractivity contribution >= 4 is 11.7 Å². The lowest BCUT2D eigenvalue weighted by Crippen LogP contribution is -2.22. The summed E-state index contributed by atoms with van der Waals surface area (Å²) in [6.07, 6.45) is 1.48. The summed E-state index contributed by atoms with van der Waals surface area (Å²) in [6.45, 7) is 2.49. The van der Waals surface area contributed by atoms with E-state index in [1.807, 2.05) is 6.92 Å². The molecule has 1 aliphatic rings. The average Bonchev–Trinajstić information content (AvgIpc) is 2.84. The number of nitro groups is 1. The number of hydrogen-bond donors (Lipinski definition) is 1. The molecule has 2 N–H and O–H groups in total.